The van der Waals surface area contributed by atoms with Crippen molar-refractivity contribution in [2.75, 3.05) is 39.3 Å². The van der Waals surface area contributed by atoms with Gasteiger partial charge in [0.05, 0.1) is 0 Å². The third-order valence-electron chi connectivity index (χ3n) is 3.92. The van der Waals surface area contributed by atoms with Gasteiger partial charge >= 0.3 is 0 Å². The monoisotopic (exact) mass is 287 g/mol. The Labute approximate surface area is 120 Å². The van der Waals surface area contributed by atoms with Crippen LogP contribution < -0.4 is 5.32 Å². The molecule has 1 N–H and O–H groups in total. The highest BCUT2D eigenvalue weighted by Crippen LogP contribution is 2.16. The van der Waals surface area contributed by atoms with Gasteiger partial charge in [-0.2, -0.15) is 0 Å². The Kier molecular flexibility index (Phi) is 5.45. The molecule has 0 amide bonds. The van der Waals surface area contributed by atoms with Crippen LogP contribution in [-0.4, -0.2) is 55.1 Å². The molecule has 0 saturated carbocycles. The molecular formula is C13H22ClN3S. The van der Waals surface area contributed by atoms with E-state index in [4.69, 9.17) is 0 Å². The lowest BCUT2D eigenvalue weighted by Crippen LogP contribution is -2.50. The summed E-state index contributed by atoms with van der Waals surface area (Å²) in [5.74, 6) is 0. The first-order chi connectivity index (χ1) is 8.42. The van der Waals surface area contributed by atoms with Gasteiger partial charge in [-0.3, -0.25) is 9.80 Å². The molecular weight excluding hydrogens is 266 g/mol. The predicted molar refractivity (Wildman–Crippen MR) is 79.7 cm³/mol. The highest BCUT2D eigenvalue weighted by atomic mass is 35.5. The van der Waals surface area contributed by atoms with Crippen molar-refractivity contribution in [2.24, 2.45) is 0 Å². The van der Waals surface area contributed by atoms with Crippen LogP contribution in [0, 0.1) is 0 Å². The first-order valence-corrected chi connectivity index (χ1v) is 7.49. The van der Waals surface area contributed by atoms with E-state index in [1.165, 1.54) is 50.6 Å². The zero-order chi connectivity index (χ0) is 11.5. The van der Waals surface area contributed by atoms with Gasteiger partial charge in [0.25, 0.3) is 0 Å². The Morgan fingerprint density at radius 3 is 2.72 bits per heavy atom. The van der Waals surface area contributed by atoms with Gasteiger partial charge in [-0.25, -0.2) is 0 Å². The summed E-state index contributed by atoms with van der Waals surface area (Å²) >= 11 is 1.88. The highest BCUT2D eigenvalue weighted by molar-refractivity contribution is 7.09. The van der Waals surface area contributed by atoms with E-state index in [2.05, 4.69) is 32.6 Å². The molecule has 0 spiro atoms. The Morgan fingerprint density at radius 2 is 2.11 bits per heavy atom. The number of hydrogen-bond donors (Lipinski definition) is 1. The van der Waals surface area contributed by atoms with E-state index in [9.17, 15) is 0 Å². The van der Waals surface area contributed by atoms with Gasteiger partial charge in [-0.15, -0.1) is 23.7 Å². The van der Waals surface area contributed by atoms with Crippen LogP contribution in [0.25, 0.3) is 0 Å². The van der Waals surface area contributed by atoms with Crippen LogP contribution in [-0.2, 0) is 6.54 Å². The molecule has 1 aromatic rings. The van der Waals surface area contributed by atoms with Gasteiger partial charge in [0.1, 0.15) is 0 Å². The summed E-state index contributed by atoms with van der Waals surface area (Å²) in [7, 11) is 0. The Hall–Kier alpha value is -0.130. The summed E-state index contributed by atoms with van der Waals surface area (Å²) in [6.45, 7) is 8.51. The topological polar surface area (TPSA) is 18.5 Å². The average Bonchev–Trinajstić information content (AvgIpc) is 3.01. The van der Waals surface area contributed by atoms with Crippen LogP contribution in [0.4, 0.5) is 0 Å². The van der Waals surface area contributed by atoms with Gasteiger partial charge in [0.15, 0.2) is 0 Å². The van der Waals surface area contributed by atoms with E-state index in [0.29, 0.717) is 0 Å². The molecule has 5 heteroatoms. The van der Waals surface area contributed by atoms with Gasteiger partial charge in [-0.05, 0) is 24.4 Å². The normalized spacial score (nSPS) is 26.1. The van der Waals surface area contributed by atoms with Crippen molar-refractivity contribution < 1.29 is 0 Å². The number of halogens is 1. The van der Waals surface area contributed by atoms with E-state index in [1.807, 2.05) is 11.3 Å². The van der Waals surface area contributed by atoms with Crippen molar-refractivity contribution in [1.82, 2.24) is 15.1 Å². The maximum atomic E-state index is 3.46. The first-order valence-electron chi connectivity index (χ1n) is 6.61. The zero-order valence-electron chi connectivity index (χ0n) is 10.7. The van der Waals surface area contributed by atoms with Crippen LogP contribution in [0.1, 0.15) is 11.3 Å². The number of nitrogens with one attached hydrogen (secondary N) is 1. The van der Waals surface area contributed by atoms with Crippen LogP contribution in [0.15, 0.2) is 17.5 Å². The molecule has 0 aromatic carbocycles. The molecule has 2 aliphatic rings. The number of thiophene rings is 1. The minimum Gasteiger partial charge on any atom is -0.315 e. The van der Waals surface area contributed by atoms with Crippen molar-refractivity contribution >= 4 is 23.7 Å². The standard InChI is InChI=1S/C13H21N3S.ClH/c1-2-13(17-9-1)11-15-5-7-16(8-6-15)12-3-4-14-10-12;/h1-2,9,12,14H,3-8,10-11H2;1H. The summed E-state index contributed by atoms with van der Waals surface area (Å²) in [4.78, 5) is 6.76. The molecule has 0 radical (unpaired) electrons. The minimum absolute atomic E-state index is 0. The molecule has 1 unspecified atom stereocenters. The van der Waals surface area contributed by atoms with Crippen molar-refractivity contribution in [3.8, 4) is 0 Å². The molecule has 3 heterocycles. The molecule has 2 fully saturated rings. The third-order valence-corrected chi connectivity index (χ3v) is 4.78. The average molecular weight is 288 g/mol. The second kappa shape index (κ2) is 6.87. The number of rotatable bonds is 3. The summed E-state index contributed by atoms with van der Waals surface area (Å²) in [5.41, 5.74) is 0. The molecule has 3 nitrogen and oxygen atoms in total. The second-order valence-corrected chi connectivity index (χ2v) is 6.07. The van der Waals surface area contributed by atoms with Crippen molar-refractivity contribution in [2.45, 2.75) is 19.0 Å². The molecule has 0 aliphatic carbocycles. The molecule has 18 heavy (non-hydrogen) atoms. The van der Waals surface area contributed by atoms with Crippen molar-refractivity contribution in [1.29, 1.82) is 0 Å². The molecule has 2 aliphatic heterocycles. The van der Waals surface area contributed by atoms with E-state index in [-0.39, 0.29) is 12.4 Å². The zero-order valence-corrected chi connectivity index (χ0v) is 12.3. The number of hydrogen-bond acceptors (Lipinski definition) is 4. The summed E-state index contributed by atoms with van der Waals surface area (Å²) in [6.07, 6.45) is 1.34. The van der Waals surface area contributed by atoms with E-state index in [1.54, 1.807) is 0 Å². The largest absolute Gasteiger partial charge is 0.315 e. The lowest BCUT2D eigenvalue weighted by atomic mass is 10.2. The lowest BCUT2D eigenvalue weighted by Gasteiger charge is -2.37. The van der Waals surface area contributed by atoms with E-state index in [0.717, 1.165) is 12.6 Å². The second-order valence-electron chi connectivity index (χ2n) is 5.04. The van der Waals surface area contributed by atoms with E-state index >= 15 is 0 Å². The van der Waals surface area contributed by atoms with Gasteiger partial charge in [0.2, 0.25) is 0 Å². The van der Waals surface area contributed by atoms with Crippen LogP contribution in [0.5, 0.6) is 0 Å². The third kappa shape index (κ3) is 3.45. The highest BCUT2D eigenvalue weighted by Gasteiger charge is 2.25. The van der Waals surface area contributed by atoms with Crippen LogP contribution in [0.3, 0.4) is 0 Å². The molecule has 1 aromatic heterocycles. The smallest absolute Gasteiger partial charge is 0.0328 e. The number of nitrogens with zero attached hydrogens (tertiary/aromatic N) is 2. The summed E-state index contributed by atoms with van der Waals surface area (Å²) in [5, 5.41) is 5.64. The SMILES string of the molecule is Cl.c1csc(CN2CCN(C3CCNC3)CC2)c1. The Bertz CT molecular complexity index is 330. The van der Waals surface area contributed by atoms with Crippen LogP contribution >= 0.6 is 23.7 Å². The fraction of sp³-hybridized carbons (Fsp3) is 0.692. The molecule has 3 rings (SSSR count). The fourth-order valence-corrected chi connectivity index (χ4v) is 3.61. The fourth-order valence-electron chi connectivity index (χ4n) is 2.86. The summed E-state index contributed by atoms with van der Waals surface area (Å²) < 4.78 is 0. The van der Waals surface area contributed by atoms with Crippen molar-refractivity contribution in [3.63, 3.8) is 0 Å². The van der Waals surface area contributed by atoms with Gasteiger partial charge in [0, 0.05) is 50.2 Å². The maximum absolute atomic E-state index is 3.46. The quantitative estimate of drug-likeness (QED) is 0.912. The minimum atomic E-state index is 0. The lowest BCUT2D eigenvalue weighted by molar-refractivity contribution is 0.0988. The summed E-state index contributed by atoms with van der Waals surface area (Å²) in [6, 6.07) is 5.21. The van der Waals surface area contributed by atoms with Crippen LogP contribution in [0.2, 0.25) is 0 Å². The Balaban J connectivity index is 0.00000120. The predicted octanol–water partition coefficient (Wildman–Crippen LogP) is 1.65. The Morgan fingerprint density at radius 1 is 1.28 bits per heavy atom. The molecule has 2 saturated heterocycles. The van der Waals surface area contributed by atoms with Gasteiger partial charge in [-0.1, -0.05) is 6.07 Å². The first kappa shape index (κ1) is 14.3. The maximum Gasteiger partial charge on any atom is 0.0328 e. The molecule has 0 bridgehead atoms. The van der Waals surface area contributed by atoms with Gasteiger partial charge < -0.3 is 5.32 Å². The molecule has 1 atom stereocenters. The number of piperazine rings is 1. The molecule has 102 valence electrons. The van der Waals surface area contributed by atoms with Crippen molar-refractivity contribution in [3.05, 3.63) is 22.4 Å². The van der Waals surface area contributed by atoms with E-state index < -0.39 is 0 Å².